The van der Waals surface area contributed by atoms with Crippen LogP contribution in [0.1, 0.15) is 20.7 Å². The van der Waals surface area contributed by atoms with E-state index in [0.717, 1.165) is 0 Å². The van der Waals surface area contributed by atoms with Gasteiger partial charge in [-0.2, -0.15) is 0 Å². The van der Waals surface area contributed by atoms with Crippen LogP contribution in [-0.2, 0) is 0 Å². The van der Waals surface area contributed by atoms with Gasteiger partial charge in [-0.1, -0.05) is 34.8 Å². The number of halogens is 4. The highest BCUT2D eigenvalue weighted by Crippen LogP contribution is 2.24. The summed E-state index contributed by atoms with van der Waals surface area (Å²) in [6.45, 7) is 1.29. The van der Waals surface area contributed by atoms with Gasteiger partial charge in [0.1, 0.15) is 5.82 Å². The first kappa shape index (κ1) is 19.0. The van der Waals surface area contributed by atoms with Crippen LogP contribution in [0.4, 0.5) is 4.39 Å². The Kier molecular flexibility index (Phi) is 5.70. The van der Waals surface area contributed by atoms with Gasteiger partial charge in [-0.25, -0.2) is 4.39 Å². The van der Waals surface area contributed by atoms with Gasteiger partial charge in [0.05, 0.1) is 15.6 Å². The molecule has 0 atom stereocenters. The quantitative estimate of drug-likeness (QED) is 0.730. The summed E-state index contributed by atoms with van der Waals surface area (Å²) >= 11 is 17.7. The summed E-state index contributed by atoms with van der Waals surface area (Å²) < 4.78 is 13.9. The summed E-state index contributed by atoms with van der Waals surface area (Å²) in [6.07, 6.45) is 0. The first-order valence-corrected chi connectivity index (χ1v) is 8.99. The maximum Gasteiger partial charge on any atom is 0.257 e. The van der Waals surface area contributed by atoms with E-state index >= 15 is 0 Å². The minimum absolute atomic E-state index is 0.0678. The van der Waals surface area contributed by atoms with Crippen LogP contribution in [0.2, 0.25) is 15.1 Å². The zero-order valence-electron chi connectivity index (χ0n) is 13.5. The Balaban J connectivity index is 1.67. The highest BCUT2D eigenvalue weighted by molar-refractivity contribution is 6.42. The molecule has 0 spiro atoms. The Morgan fingerprint density at radius 1 is 0.808 bits per heavy atom. The fourth-order valence-electron chi connectivity index (χ4n) is 2.76. The number of hydrogen-bond donors (Lipinski definition) is 0. The molecule has 1 aliphatic rings. The molecule has 26 heavy (non-hydrogen) atoms. The van der Waals surface area contributed by atoms with E-state index in [2.05, 4.69) is 0 Å². The minimum atomic E-state index is -0.617. The van der Waals surface area contributed by atoms with Crippen LogP contribution in [0.25, 0.3) is 0 Å². The van der Waals surface area contributed by atoms with Crippen molar-refractivity contribution in [2.24, 2.45) is 0 Å². The summed E-state index contributed by atoms with van der Waals surface area (Å²) in [5, 5.41) is 0.980. The Morgan fingerprint density at radius 2 is 1.42 bits per heavy atom. The molecule has 3 rings (SSSR count). The normalized spacial score (nSPS) is 14.5. The third-order valence-corrected chi connectivity index (χ3v) is 5.15. The summed E-state index contributed by atoms with van der Waals surface area (Å²) in [5.41, 5.74) is 0.363. The first-order valence-electron chi connectivity index (χ1n) is 7.85. The zero-order valence-corrected chi connectivity index (χ0v) is 15.8. The fraction of sp³-hybridized carbons (Fsp3) is 0.222. The van der Waals surface area contributed by atoms with E-state index in [-0.39, 0.29) is 11.5 Å². The first-order chi connectivity index (χ1) is 12.4. The second-order valence-electron chi connectivity index (χ2n) is 5.84. The molecule has 2 amide bonds. The second-order valence-corrected chi connectivity index (χ2v) is 7.09. The van der Waals surface area contributed by atoms with Gasteiger partial charge in [0.15, 0.2) is 0 Å². The summed E-state index contributed by atoms with van der Waals surface area (Å²) in [6, 6.07) is 8.56. The molecule has 4 nitrogen and oxygen atoms in total. The lowest BCUT2D eigenvalue weighted by molar-refractivity contribution is 0.0533. The standard InChI is InChI=1S/C18H14Cl3FN2O2/c19-12-2-4-16(22)13(10-12)18(26)24-7-5-23(6-8-24)17(25)11-1-3-14(20)15(21)9-11/h1-4,9-10H,5-8H2. The van der Waals surface area contributed by atoms with Crippen LogP contribution in [0.5, 0.6) is 0 Å². The predicted octanol–water partition coefficient (Wildman–Crippen LogP) is 4.38. The number of nitrogens with zero attached hydrogens (tertiary/aromatic N) is 2. The third-order valence-electron chi connectivity index (χ3n) is 4.18. The number of benzene rings is 2. The average Bonchev–Trinajstić information content (AvgIpc) is 2.65. The van der Waals surface area contributed by atoms with Crippen molar-refractivity contribution < 1.29 is 14.0 Å². The van der Waals surface area contributed by atoms with E-state index in [1.807, 2.05) is 0 Å². The smallest absolute Gasteiger partial charge is 0.257 e. The number of carbonyl (C=O) groups is 2. The van der Waals surface area contributed by atoms with E-state index in [9.17, 15) is 14.0 Å². The van der Waals surface area contributed by atoms with Gasteiger partial charge >= 0.3 is 0 Å². The van der Waals surface area contributed by atoms with Crippen molar-refractivity contribution in [1.82, 2.24) is 9.80 Å². The van der Waals surface area contributed by atoms with Gasteiger partial charge < -0.3 is 9.80 Å². The van der Waals surface area contributed by atoms with Crippen molar-refractivity contribution in [3.8, 4) is 0 Å². The van der Waals surface area contributed by atoms with Crippen molar-refractivity contribution in [3.63, 3.8) is 0 Å². The van der Waals surface area contributed by atoms with E-state index in [1.165, 1.54) is 29.2 Å². The number of carbonyl (C=O) groups excluding carboxylic acids is 2. The molecular weight excluding hydrogens is 402 g/mol. The molecule has 0 radical (unpaired) electrons. The van der Waals surface area contributed by atoms with Gasteiger partial charge in [0, 0.05) is 36.8 Å². The molecule has 1 heterocycles. The topological polar surface area (TPSA) is 40.6 Å². The zero-order chi connectivity index (χ0) is 18.8. The van der Waals surface area contributed by atoms with Crippen LogP contribution in [0.15, 0.2) is 36.4 Å². The fourth-order valence-corrected chi connectivity index (χ4v) is 3.23. The van der Waals surface area contributed by atoms with E-state index < -0.39 is 11.7 Å². The molecule has 0 unspecified atom stereocenters. The molecule has 1 aliphatic heterocycles. The van der Waals surface area contributed by atoms with Crippen molar-refractivity contribution >= 4 is 46.6 Å². The summed E-state index contributed by atoms with van der Waals surface area (Å²) in [4.78, 5) is 28.2. The maximum absolute atomic E-state index is 13.9. The molecule has 0 aliphatic carbocycles. The Hall–Kier alpha value is -1.82. The van der Waals surface area contributed by atoms with E-state index in [0.29, 0.717) is 46.8 Å². The molecule has 0 bridgehead atoms. The summed E-state index contributed by atoms with van der Waals surface area (Å²) in [7, 11) is 0. The van der Waals surface area contributed by atoms with E-state index in [1.54, 1.807) is 17.0 Å². The lowest BCUT2D eigenvalue weighted by atomic mass is 10.1. The molecule has 8 heteroatoms. The molecule has 1 fully saturated rings. The Labute approximate surface area is 165 Å². The third kappa shape index (κ3) is 3.95. The number of rotatable bonds is 2. The maximum atomic E-state index is 13.9. The van der Waals surface area contributed by atoms with Crippen LogP contribution >= 0.6 is 34.8 Å². The van der Waals surface area contributed by atoms with Gasteiger partial charge in [-0.3, -0.25) is 9.59 Å². The van der Waals surface area contributed by atoms with Crippen LogP contribution in [-0.4, -0.2) is 47.8 Å². The monoisotopic (exact) mass is 414 g/mol. The molecule has 2 aromatic carbocycles. The molecule has 0 saturated carbocycles. The van der Waals surface area contributed by atoms with Crippen molar-refractivity contribution in [2.45, 2.75) is 0 Å². The van der Waals surface area contributed by atoms with Gasteiger partial charge in [0.2, 0.25) is 0 Å². The highest BCUT2D eigenvalue weighted by atomic mass is 35.5. The molecule has 1 saturated heterocycles. The molecule has 136 valence electrons. The summed E-state index contributed by atoms with van der Waals surface area (Å²) in [5.74, 6) is -1.25. The largest absolute Gasteiger partial charge is 0.335 e. The second kappa shape index (κ2) is 7.82. The van der Waals surface area contributed by atoms with Crippen molar-refractivity contribution in [1.29, 1.82) is 0 Å². The van der Waals surface area contributed by atoms with Crippen LogP contribution in [0.3, 0.4) is 0 Å². The highest BCUT2D eigenvalue weighted by Gasteiger charge is 2.27. The van der Waals surface area contributed by atoms with Crippen LogP contribution in [0, 0.1) is 5.82 Å². The molecular formula is C18H14Cl3FN2O2. The van der Waals surface area contributed by atoms with Crippen LogP contribution < -0.4 is 0 Å². The average molecular weight is 416 g/mol. The predicted molar refractivity (Wildman–Crippen MR) is 99.7 cm³/mol. The van der Waals surface area contributed by atoms with Crippen molar-refractivity contribution in [3.05, 3.63) is 68.4 Å². The van der Waals surface area contributed by atoms with Crippen molar-refractivity contribution in [2.75, 3.05) is 26.2 Å². The van der Waals surface area contributed by atoms with Gasteiger partial charge in [-0.15, -0.1) is 0 Å². The Morgan fingerprint density at radius 3 is 2.04 bits per heavy atom. The minimum Gasteiger partial charge on any atom is -0.335 e. The Bertz CT molecular complexity index is 868. The number of amides is 2. The lowest BCUT2D eigenvalue weighted by Crippen LogP contribution is -2.50. The number of piperazine rings is 1. The SMILES string of the molecule is O=C(c1ccc(Cl)c(Cl)c1)N1CCN(C(=O)c2cc(Cl)ccc2F)CC1. The lowest BCUT2D eigenvalue weighted by Gasteiger charge is -2.35. The van der Waals surface area contributed by atoms with Gasteiger partial charge in [-0.05, 0) is 36.4 Å². The van der Waals surface area contributed by atoms with E-state index in [4.69, 9.17) is 34.8 Å². The molecule has 0 N–H and O–H groups in total. The van der Waals surface area contributed by atoms with Gasteiger partial charge in [0.25, 0.3) is 11.8 Å². The molecule has 0 aromatic heterocycles. The molecule has 2 aromatic rings. The number of hydrogen-bond acceptors (Lipinski definition) is 2.